The smallest absolute Gasteiger partial charge is 0.326 e. The average Bonchev–Trinajstić information content (AvgIpc) is 3.18. The van der Waals surface area contributed by atoms with Crippen molar-refractivity contribution in [2.45, 2.75) is 19.1 Å². The molecule has 32 heavy (non-hydrogen) atoms. The van der Waals surface area contributed by atoms with Gasteiger partial charge in [0.05, 0.1) is 23.8 Å². The van der Waals surface area contributed by atoms with Crippen LogP contribution in [-0.4, -0.2) is 25.2 Å². The van der Waals surface area contributed by atoms with Crippen molar-refractivity contribution >= 4 is 22.6 Å². The number of benzene rings is 2. The minimum atomic E-state index is -4.46. The summed E-state index contributed by atoms with van der Waals surface area (Å²) in [6, 6.07) is 9.59. The Balaban J connectivity index is 1.45. The summed E-state index contributed by atoms with van der Waals surface area (Å²) in [5, 5.41) is 6.84. The molecule has 0 aliphatic carbocycles. The number of alkyl halides is 3. The second-order valence-electron chi connectivity index (χ2n) is 6.89. The van der Waals surface area contributed by atoms with Crippen molar-refractivity contribution in [2.75, 3.05) is 5.32 Å². The van der Waals surface area contributed by atoms with Gasteiger partial charge in [-0.25, -0.2) is 14.1 Å². The van der Waals surface area contributed by atoms with E-state index in [2.05, 4.69) is 15.4 Å². The fourth-order valence-corrected chi connectivity index (χ4v) is 3.07. The standard InChI is InChI=1S/C21H15F4N5O2/c22-14-3-7-16(8-4-14)30-19-17(11-27-30)20(32)29(12-26-19)10-9-18(31)28-15-5-1-13(2-6-15)21(23,24)25/h1-8,11-12H,9-10H2,(H,28,31). The second-order valence-corrected chi connectivity index (χ2v) is 6.89. The minimum Gasteiger partial charge on any atom is -0.326 e. The van der Waals surface area contributed by atoms with E-state index >= 15 is 0 Å². The molecule has 0 aliphatic rings. The molecule has 1 amide bonds. The molecule has 0 aliphatic heterocycles. The highest BCUT2D eigenvalue weighted by molar-refractivity contribution is 5.90. The molecule has 0 fully saturated rings. The predicted molar refractivity (Wildman–Crippen MR) is 108 cm³/mol. The van der Waals surface area contributed by atoms with Gasteiger partial charge in [-0.1, -0.05) is 0 Å². The number of aryl methyl sites for hydroxylation is 1. The molecule has 0 unspecified atom stereocenters. The summed E-state index contributed by atoms with van der Waals surface area (Å²) >= 11 is 0. The minimum absolute atomic E-state index is 0.00989. The first-order chi connectivity index (χ1) is 15.2. The van der Waals surface area contributed by atoms with Crippen LogP contribution in [0.2, 0.25) is 0 Å². The zero-order valence-corrected chi connectivity index (χ0v) is 16.3. The fraction of sp³-hybridized carbons (Fsp3) is 0.143. The van der Waals surface area contributed by atoms with E-state index in [0.29, 0.717) is 5.69 Å². The lowest BCUT2D eigenvalue weighted by Gasteiger charge is -2.09. The van der Waals surface area contributed by atoms with E-state index in [1.54, 1.807) is 0 Å². The molecule has 0 atom stereocenters. The Hall–Kier alpha value is -4.02. The van der Waals surface area contributed by atoms with Gasteiger partial charge in [-0.15, -0.1) is 0 Å². The number of carbonyl (C=O) groups excluding carboxylic acids is 1. The summed E-state index contributed by atoms with van der Waals surface area (Å²) in [5.41, 5.74) is -0.202. The van der Waals surface area contributed by atoms with Gasteiger partial charge >= 0.3 is 6.18 Å². The quantitative estimate of drug-likeness (QED) is 0.474. The molecule has 0 saturated carbocycles. The summed E-state index contributed by atoms with van der Waals surface area (Å²) in [5.74, 6) is -0.881. The lowest BCUT2D eigenvalue weighted by Crippen LogP contribution is -2.23. The van der Waals surface area contributed by atoms with Crippen LogP contribution in [0.25, 0.3) is 16.7 Å². The van der Waals surface area contributed by atoms with E-state index in [9.17, 15) is 27.2 Å². The number of carbonyl (C=O) groups is 1. The highest BCUT2D eigenvalue weighted by atomic mass is 19.4. The van der Waals surface area contributed by atoms with Gasteiger partial charge in [0.15, 0.2) is 5.65 Å². The molecule has 0 radical (unpaired) electrons. The van der Waals surface area contributed by atoms with Gasteiger partial charge in [-0.2, -0.15) is 18.3 Å². The van der Waals surface area contributed by atoms with Crippen LogP contribution in [-0.2, 0) is 17.5 Å². The van der Waals surface area contributed by atoms with Gasteiger partial charge < -0.3 is 5.32 Å². The fourth-order valence-electron chi connectivity index (χ4n) is 3.07. The number of nitrogens with one attached hydrogen (secondary N) is 1. The molecule has 11 heteroatoms. The van der Waals surface area contributed by atoms with Crippen molar-refractivity contribution in [3.63, 3.8) is 0 Å². The molecule has 7 nitrogen and oxygen atoms in total. The molecule has 0 spiro atoms. The van der Waals surface area contributed by atoms with E-state index in [0.717, 1.165) is 24.3 Å². The maximum Gasteiger partial charge on any atom is 0.416 e. The van der Waals surface area contributed by atoms with Crippen molar-refractivity contribution < 1.29 is 22.4 Å². The lowest BCUT2D eigenvalue weighted by molar-refractivity contribution is -0.137. The SMILES string of the molecule is O=C(CCn1cnc2c(cnn2-c2ccc(F)cc2)c1=O)Nc1ccc(C(F)(F)F)cc1. The van der Waals surface area contributed by atoms with Gasteiger partial charge in [0, 0.05) is 18.7 Å². The maximum absolute atomic E-state index is 13.1. The number of fused-ring (bicyclic) bond motifs is 1. The summed E-state index contributed by atoms with van der Waals surface area (Å²) in [6.07, 6.45) is -1.94. The molecular formula is C21H15F4N5O2. The monoisotopic (exact) mass is 445 g/mol. The van der Waals surface area contributed by atoms with Crippen LogP contribution in [0.15, 0.2) is 65.8 Å². The average molecular weight is 445 g/mol. The Kier molecular flexibility index (Phi) is 5.47. The maximum atomic E-state index is 13.1. The van der Waals surface area contributed by atoms with Crippen molar-refractivity contribution in [2.24, 2.45) is 0 Å². The number of hydrogen-bond donors (Lipinski definition) is 1. The summed E-state index contributed by atoms with van der Waals surface area (Å²) in [7, 11) is 0. The molecular weight excluding hydrogens is 430 g/mol. The second kappa shape index (κ2) is 8.25. The van der Waals surface area contributed by atoms with Crippen LogP contribution in [0, 0.1) is 5.82 Å². The van der Waals surface area contributed by atoms with Crippen LogP contribution in [0.4, 0.5) is 23.2 Å². The van der Waals surface area contributed by atoms with Gasteiger partial charge in [0.25, 0.3) is 5.56 Å². The number of rotatable bonds is 5. The summed E-state index contributed by atoms with van der Waals surface area (Å²) < 4.78 is 53.6. The van der Waals surface area contributed by atoms with Crippen LogP contribution in [0.5, 0.6) is 0 Å². The third-order valence-corrected chi connectivity index (χ3v) is 4.70. The number of anilines is 1. The third kappa shape index (κ3) is 4.36. The first-order valence-electron chi connectivity index (χ1n) is 9.38. The molecule has 4 aromatic rings. The highest BCUT2D eigenvalue weighted by Crippen LogP contribution is 2.29. The van der Waals surface area contributed by atoms with Gasteiger partial charge in [-0.3, -0.25) is 14.2 Å². The molecule has 0 bridgehead atoms. The van der Waals surface area contributed by atoms with E-state index in [-0.39, 0.29) is 29.7 Å². The van der Waals surface area contributed by atoms with Crippen LogP contribution >= 0.6 is 0 Å². The Morgan fingerprint density at radius 3 is 2.38 bits per heavy atom. The zero-order valence-electron chi connectivity index (χ0n) is 16.3. The first-order valence-corrected chi connectivity index (χ1v) is 9.38. The van der Waals surface area contributed by atoms with Crippen molar-refractivity contribution in [3.8, 4) is 5.69 Å². The van der Waals surface area contributed by atoms with Crippen molar-refractivity contribution in [3.05, 3.63) is 82.8 Å². The van der Waals surface area contributed by atoms with E-state index in [1.807, 2.05) is 0 Å². The lowest BCUT2D eigenvalue weighted by atomic mass is 10.2. The summed E-state index contributed by atoms with van der Waals surface area (Å²) in [6.45, 7) is 0.00989. The van der Waals surface area contributed by atoms with E-state index < -0.39 is 29.0 Å². The van der Waals surface area contributed by atoms with Gasteiger partial charge in [-0.05, 0) is 48.5 Å². The first kappa shape index (κ1) is 21.2. The Morgan fingerprint density at radius 1 is 1.03 bits per heavy atom. The predicted octanol–water partition coefficient (Wildman–Crippen LogP) is 3.77. The number of amides is 1. The molecule has 2 aromatic heterocycles. The zero-order chi connectivity index (χ0) is 22.9. The number of hydrogen-bond acceptors (Lipinski definition) is 4. The number of halogens is 4. The van der Waals surface area contributed by atoms with E-state index in [4.69, 9.17) is 0 Å². The Morgan fingerprint density at radius 2 is 1.72 bits per heavy atom. The molecule has 164 valence electrons. The van der Waals surface area contributed by atoms with E-state index in [1.165, 1.54) is 46.0 Å². The molecule has 2 aromatic carbocycles. The largest absolute Gasteiger partial charge is 0.416 e. The van der Waals surface area contributed by atoms with Crippen LogP contribution < -0.4 is 10.9 Å². The summed E-state index contributed by atoms with van der Waals surface area (Å²) in [4.78, 5) is 29.1. The van der Waals surface area contributed by atoms with Crippen molar-refractivity contribution in [1.82, 2.24) is 19.3 Å². The molecule has 2 heterocycles. The topological polar surface area (TPSA) is 81.8 Å². The highest BCUT2D eigenvalue weighted by Gasteiger charge is 2.30. The normalized spacial score (nSPS) is 11.6. The van der Waals surface area contributed by atoms with Gasteiger partial charge in [0.2, 0.25) is 5.91 Å². The molecule has 4 rings (SSSR count). The van der Waals surface area contributed by atoms with Gasteiger partial charge in [0.1, 0.15) is 11.2 Å². The van der Waals surface area contributed by atoms with Crippen molar-refractivity contribution in [1.29, 1.82) is 0 Å². The Labute approximate surface area is 177 Å². The third-order valence-electron chi connectivity index (χ3n) is 4.70. The number of nitrogens with zero attached hydrogens (tertiary/aromatic N) is 4. The molecule has 1 N–H and O–H groups in total. The van der Waals surface area contributed by atoms with Crippen LogP contribution in [0.1, 0.15) is 12.0 Å². The number of aromatic nitrogens is 4. The van der Waals surface area contributed by atoms with Crippen LogP contribution in [0.3, 0.4) is 0 Å². The Bertz CT molecular complexity index is 1330. The molecule has 0 saturated heterocycles.